The quantitative estimate of drug-likeness (QED) is 0.584. The van der Waals surface area contributed by atoms with Gasteiger partial charge in [0.2, 0.25) is 5.28 Å². The van der Waals surface area contributed by atoms with Crippen LogP contribution in [0.4, 0.5) is 11.5 Å². The largest absolute Gasteiger partial charge is 0.465 e. The first-order valence-electron chi connectivity index (χ1n) is 4.31. The van der Waals surface area contributed by atoms with Gasteiger partial charge in [0.05, 0.1) is 18.5 Å². The van der Waals surface area contributed by atoms with Crippen molar-refractivity contribution in [2.75, 3.05) is 24.2 Å². The Balaban J connectivity index is 2.57. The van der Waals surface area contributed by atoms with Gasteiger partial charge in [-0.15, -0.1) is 0 Å². The van der Waals surface area contributed by atoms with Gasteiger partial charge in [0.15, 0.2) is 5.82 Å². The highest BCUT2D eigenvalue weighted by Crippen LogP contribution is 2.15. The van der Waals surface area contributed by atoms with E-state index in [0.29, 0.717) is 18.1 Å². The number of carbonyl (C=O) groups excluding carboxylic acids is 1. The van der Waals surface area contributed by atoms with Crippen LogP contribution >= 0.6 is 11.6 Å². The molecule has 7 heteroatoms. The molecule has 3 N–H and O–H groups in total. The first-order valence-corrected chi connectivity index (χ1v) is 4.68. The fraction of sp³-hybridized carbons (Fsp3) is 0.375. The average molecular weight is 231 g/mol. The van der Waals surface area contributed by atoms with Gasteiger partial charge in [0, 0.05) is 0 Å². The van der Waals surface area contributed by atoms with Gasteiger partial charge in [-0.2, -0.15) is 4.98 Å². The number of carbonyl (C=O) groups is 1. The molecule has 0 saturated heterocycles. The Labute approximate surface area is 91.8 Å². The third-order valence-electron chi connectivity index (χ3n) is 1.49. The Morgan fingerprint density at radius 3 is 3.13 bits per heavy atom. The smallest absolute Gasteiger partial charge is 0.325 e. The average Bonchev–Trinajstić information content (AvgIpc) is 2.20. The molecule has 0 aliphatic heterocycles. The lowest BCUT2D eigenvalue weighted by molar-refractivity contribution is -0.140. The van der Waals surface area contributed by atoms with Crippen molar-refractivity contribution in [3.63, 3.8) is 0 Å². The highest BCUT2D eigenvalue weighted by atomic mass is 35.5. The van der Waals surface area contributed by atoms with Crippen molar-refractivity contribution in [1.29, 1.82) is 0 Å². The van der Waals surface area contributed by atoms with Crippen molar-refractivity contribution in [1.82, 2.24) is 9.97 Å². The number of ether oxygens (including phenoxy) is 1. The molecule has 0 radical (unpaired) electrons. The highest BCUT2D eigenvalue weighted by molar-refractivity contribution is 6.28. The zero-order valence-corrected chi connectivity index (χ0v) is 8.91. The molecule has 0 bridgehead atoms. The molecule has 0 unspecified atom stereocenters. The minimum Gasteiger partial charge on any atom is -0.465 e. The molecule has 0 aromatic carbocycles. The van der Waals surface area contributed by atoms with Crippen LogP contribution in [0.2, 0.25) is 5.28 Å². The molecule has 1 aromatic heterocycles. The van der Waals surface area contributed by atoms with Gasteiger partial charge < -0.3 is 15.8 Å². The number of nitrogen functional groups attached to an aromatic ring is 1. The fourth-order valence-electron chi connectivity index (χ4n) is 0.879. The number of nitrogens with one attached hydrogen (secondary N) is 1. The number of hydrogen-bond acceptors (Lipinski definition) is 6. The van der Waals surface area contributed by atoms with Gasteiger partial charge in [-0.25, -0.2) is 4.98 Å². The van der Waals surface area contributed by atoms with E-state index in [1.165, 1.54) is 6.20 Å². The van der Waals surface area contributed by atoms with E-state index in [9.17, 15) is 4.79 Å². The Kier molecular flexibility index (Phi) is 4.11. The summed E-state index contributed by atoms with van der Waals surface area (Å²) in [6.07, 6.45) is 1.36. The van der Waals surface area contributed by atoms with E-state index < -0.39 is 0 Å². The molecule has 6 nitrogen and oxygen atoms in total. The lowest BCUT2D eigenvalue weighted by Crippen LogP contribution is -2.18. The van der Waals surface area contributed by atoms with Crippen LogP contribution < -0.4 is 11.1 Å². The number of nitrogens with zero attached hydrogens (tertiary/aromatic N) is 2. The minimum absolute atomic E-state index is 0.00855. The van der Waals surface area contributed by atoms with Crippen LogP contribution in [-0.2, 0) is 9.53 Å². The number of esters is 1. The van der Waals surface area contributed by atoms with E-state index in [0.717, 1.165) is 0 Å². The summed E-state index contributed by atoms with van der Waals surface area (Å²) in [5.41, 5.74) is 5.87. The van der Waals surface area contributed by atoms with Crippen molar-refractivity contribution >= 4 is 29.1 Å². The predicted molar refractivity (Wildman–Crippen MR) is 56.6 cm³/mol. The molecule has 1 heterocycles. The van der Waals surface area contributed by atoms with Gasteiger partial charge in [0.1, 0.15) is 6.54 Å². The Morgan fingerprint density at radius 2 is 2.47 bits per heavy atom. The molecule has 0 saturated carbocycles. The van der Waals surface area contributed by atoms with Crippen molar-refractivity contribution in [2.24, 2.45) is 0 Å². The summed E-state index contributed by atoms with van der Waals surface area (Å²) in [4.78, 5) is 18.5. The molecule has 82 valence electrons. The standard InChI is InChI=1S/C8H11ClN4O2/c1-2-15-6(14)4-11-7-5(10)3-12-8(9)13-7/h3H,2,4,10H2,1H3,(H,11,12,13). The molecule has 0 spiro atoms. The van der Waals surface area contributed by atoms with Gasteiger partial charge in [-0.05, 0) is 18.5 Å². The second-order valence-electron chi connectivity index (χ2n) is 2.60. The summed E-state index contributed by atoms with van der Waals surface area (Å²) in [5, 5.41) is 2.77. The Morgan fingerprint density at radius 1 is 1.73 bits per heavy atom. The van der Waals surface area contributed by atoms with Crippen LogP contribution in [-0.4, -0.2) is 29.1 Å². The molecule has 0 atom stereocenters. The lowest BCUT2D eigenvalue weighted by Gasteiger charge is -2.07. The molecule has 15 heavy (non-hydrogen) atoms. The summed E-state index contributed by atoms with van der Waals surface area (Å²) < 4.78 is 4.72. The molecule has 0 fully saturated rings. The van der Waals surface area contributed by atoms with Crippen LogP contribution in [0, 0.1) is 0 Å². The summed E-state index contributed by atoms with van der Waals surface area (Å²) in [6, 6.07) is 0. The highest BCUT2D eigenvalue weighted by Gasteiger charge is 2.06. The summed E-state index contributed by atoms with van der Waals surface area (Å²) in [5.74, 6) is -0.0605. The molecular weight excluding hydrogens is 220 g/mol. The van der Waals surface area contributed by atoms with E-state index in [2.05, 4.69) is 15.3 Å². The fourth-order valence-corrected chi connectivity index (χ4v) is 1.01. The van der Waals surface area contributed by atoms with E-state index in [1.807, 2.05) is 0 Å². The maximum Gasteiger partial charge on any atom is 0.325 e. The molecule has 0 aliphatic rings. The number of hydrogen-bond donors (Lipinski definition) is 2. The van der Waals surface area contributed by atoms with E-state index >= 15 is 0 Å². The molecule has 0 aliphatic carbocycles. The zero-order valence-electron chi connectivity index (χ0n) is 8.16. The molecule has 0 amide bonds. The third-order valence-corrected chi connectivity index (χ3v) is 1.68. The van der Waals surface area contributed by atoms with Gasteiger partial charge in [0.25, 0.3) is 0 Å². The number of rotatable bonds is 4. The molecule has 1 aromatic rings. The van der Waals surface area contributed by atoms with Crippen molar-refractivity contribution in [2.45, 2.75) is 6.92 Å². The van der Waals surface area contributed by atoms with Crippen molar-refractivity contribution in [3.05, 3.63) is 11.5 Å². The normalized spacial score (nSPS) is 9.73. The maximum absolute atomic E-state index is 11.0. The van der Waals surface area contributed by atoms with Gasteiger partial charge in [-0.3, -0.25) is 4.79 Å². The van der Waals surface area contributed by atoms with Crippen molar-refractivity contribution < 1.29 is 9.53 Å². The summed E-state index contributed by atoms with van der Waals surface area (Å²) in [7, 11) is 0. The van der Waals surface area contributed by atoms with E-state index in [-0.39, 0.29) is 17.8 Å². The van der Waals surface area contributed by atoms with Crippen LogP contribution in [0.25, 0.3) is 0 Å². The minimum atomic E-state index is -0.383. The van der Waals surface area contributed by atoms with Crippen LogP contribution in [0.15, 0.2) is 6.20 Å². The maximum atomic E-state index is 11.0. The first-order chi connectivity index (χ1) is 7.13. The second kappa shape index (κ2) is 5.35. The lowest BCUT2D eigenvalue weighted by atomic mass is 10.5. The molecular formula is C8H11ClN4O2. The predicted octanol–water partition coefficient (Wildman–Crippen LogP) is 0.687. The SMILES string of the molecule is CCOC(=O)CNc1nc(Cl)ncc1N. The summed E-state index contributed by atoms with van der Waals surface area (Å²) in [6.45, 7) is 2.06. The van der Waals surface area contributed by atoms with Crippen LogP contribution in [0.3, 0.4) is 0 Å². The number of anilines is 2. The van der Waals surface area contributed by atoms with Gasteiger partial charge >= 0.3 is 5.97 Å². The second-order valence-corrected chi connectivity index (χ2v) is 2.94. The molecule has 1 rings (SSSR count). The zero-order chi connectivity index (χ0) is 11.3. The van der Waals surface area contributed by atoms with E-state index in [4.69, 9.17) is 22.1 Å². The van der Waals surface area contributed by atoms with Crippen LogP contribution in [0.5, 0.6) is 0 Å². The Bertz CT molecular complexity index is 358. The summed E-state index contributed by atoms with van der Waals surface area (Å²) >= 11 is 5.56. The third kappa shape index (κ3) is 3.59. The van der Waals surface area contributed by atoms with E-state index in [1.54, 1.807) is 6.92 Å². The van der Waals surface area contributed by atoms with Gasteiger partial charge in [-0.1, -0.05) is 0 Å². The van der Waals surface area contributed by atoms with Crippen LogP contribution in [0.1, 0.15) is 6.92 Å². The topological polar surface area (TPSA) is 90.1 Å². The monoisotopic (exact) mass is 230 g/mol. The van der Waals surface area contributed by atoms with Crippen molar-refractivity contribution in [3.8, 4) is 0 Å². The number of aromatic nitrogens is 2. The number of halogens is 1. The Hall–Kier alpha value is -1.56. The first kappa shape index (κ1) is 11.5. The number of nitrogens with two attached hydrogens (primary N) is 1.